The number of carboxylic acid groups (broad SMARTS) is 1. The highest BCUT2D eigenvalue weighted by molar-refractivity contribution is 5.72. The highest BCUT2D eigenvalue weighted by Crippen LogP contribution is 2.27. The molecule has 1 aromatic carbocycles. The van der Waals surface area contributed by atoms with Gasteiger partial charge in [-0.3, -0.25) is 4.79 Å². The van der Waals surface area contributed by atoms with Crippen molar-refractivity contribution in [3.63, 3.8) is 0 Å². The SMILES string of the molecule is N#Cc1ccc2c(c1)CC(C(=O)O)C2. The summed E-state index contributed by atoms with van der Waals surface area (Å²) >= 11 is 0. The molecule has 3 nitrogen and oxygen atoms in total. The predicted molar refractivity (Wildman–Crippen MR) is 49.7 cm³/mol. The third kappa shape index (κ3) is 1.35. The zero-order chi connectivity index (χ0) is 10.1. The summed E-state index contributed by atoms with van der Waals surface area (Å²) in [7, 11) is 0. The zero-order valence-electron chi connectivity index (χ0n) is 7.53. The fraction of sp³-hybridized carbons (Fsp3) is 0.273. The van der Waals surface area contributed by atoms with Crippen LogP contribution in [-0.4, -0.2) is 11.1 Å². The lowest BCUT2D eigenvalue weighted by Gasteiger charge is -1.98. The van der Waals surface area contributed by atoms with E-state index in [1.807, 2.05) is 6.07 Å². The molecule has 0 spiro atoms. The molecule has 0 amide bonds. The summed E-state index contributed by atoms with van der Waals surface area (Å²) in [6.45, 7) is 0. The Bertz CT molecular complexity index is 431. The summed E-state index contributed by atoms with van der Waals surface area (Å²) in [5.74, 6) is -1.06. The zero-order valence-corrected chi connectivity index (χ0v) is 7.53. The molecule has 2 rings (SSSR count). The Morgan fingerprint density at radius 3 is 2.79 bits per heavy atom. The Balaban J connectivity index is 2.32. The molecule has 70 valence electrons. The number of benzene rings is 1. The molecule has 1 unspecified atom stereocenters. The molecule has 1 atom stereocenters. The summed E-state index contributed by atoms with van der Waals surface area (Å²) in [6.07, 6.45) is 1.15. The van der Waals surface area contributed by atoms with E-state index >= 15 is 0 Å². The van der Waals surface area contributed by atoms with Crippen LogP contribution in [0.2, 0.25) is 0 Å². The number of carbonyl (C=O) groups is 1. The maximum Gasteiger partial charge on any atom is 0.307 e. The van der Waals surface area contributed by atoms with Crippen LogP contribution in [0, 0.1) is 17.2 Å². The molecule has 1 aliphatic rings. The second-order valence-electron chi connectivity index (χ2n) is 3.54. The Hall–Kier alpha value is -1.82. The van der Waals surface area contributed by atoms with Gasteiger partial charge in [0.25, 0.3) is 0 Å². The Kier molecular flexibility index (Phi) is 1.97. The van der Waals surface area contributed by atoms with Gasteiger partial charge in [-0.25, -0.2) is 0 Å². The second kappa shape index (κ2) is 3.15. The largest absolute Gasteiger partial charge is 0.481 e. The van der Waals surface area contributed by atoms with Crippen molar-refractivity contribution in [3.8, 4) is 6.07 Å². The van der Waals surface area contributed by atoms with Crippen LogP contribution in [0.15, 0.2) is 18.2 Å². The Labute approximate surface area is 81.6 Å². The summed E-state index contributed by atoms with van der Waals surface area (Å²) in [6, 6.07) is 7.44. The lowest BCUT2D eigenvalue weighted by atomic mass is 10.1. The van der Waals surface area contributed by atoms with Crippen LogP contribution in [0.4, 0.5) is 0 Å². The standard InChI is InChI=1S/C11H9NO2/c12-6-7-1-2-8-4-10(11(13)14)5-9(8)3-7/h1-3,10H,4-5H2,(H,13,14). The Morgan fingerprint density at radius 2 is 2.14 bits per heavy atom. The number of hydrogen-bond acceptors (Lipinski definition) is 2. The van der Waals surface area contributed by atoms with Gasteiger partial charge in [0.15, 0.2) is 0 Å². The molecule has 0 bridgehead atoms. The molecule has 0 saturated heterocycles. The molecule has 0 saturated carbocycles. The first-order valence-electron chi connectivity index (χ1n) is 4.45. The maximum atomic E-state index is 10.8. The highest BCUT2D eigenvalue weighted by atomic mass is 16.4. The van der Waals surface area contributed by atoms with E-state index < -0.39 is 5.97 Å². The monoisotopic (exact) mass is 187 g/mol. The van der Waals surface area contributed by atoms with Crippen LogP contribution in [0.25, 0.3) is 0 Å². The molecule has 0 radical (unpaired) electrons. The van der Waals surface area contributed by atoms with Gasteiger partial charge in [0, 0.05) is 0 Å². The van der Waals surface area contributed by atoms with Crippen LogP contribution in [0.5, 0.6) is 0 Å². The van der Waals surface area contributed by atoms with Crippen LogP contribution in [0.1, 0.15) is 16.7 Å². The normalized spacial score (nSPS) is 18.6. The summed E-state index contributed by atoms with van der Waals surface area (Å²) in [5.41, 5.74) is 2.68. The van der Waals surface area contributed by atoms with E-state index in [0.29, 0.717) is 18.4 Å². The summed E-state index contributed by atoms with van der Waals surface area (Å²) in [5, 5.41) is 17.5. The average Bonchev–Trinajstić information content (AvgIpc) is 2.59. The van der Waals surface area contributed by atoms with Crippen molar-refractivity contribution in [2.24, 2.45) is 5.92 Å². The minimum atomic E-state index is -0.750. The lowest BCUT2D eigenvalue weighted by Crippen LogP contribution is -2.12. The topological polar surface area (TPSA) is 61.1 Å². The molecular weight excluding hydrogens is 178 g/mol. The third-order valence-corrected chi connectivity index (χ3v) is 2.62. The van der Waals surface area contributed by atoms with Crippen molar-refractivity contribution < 1.29 is 9.90 Å². The van der Waals surface area contributed by atoms with Crippen molar-refractivity contribution in [1.82, 2.24) is 0 Å². The van der Waals surface area contributed by atoms with Crippen molar-refractivity contribution in [1.29, 1.82) is 5.26 Å². The molecule has 1 N–H and O–H groups in total. The number of nitriles is 1. The lowest BCUT2D eigenvalue weighted by molar-refractivity contribution is -0.141. The number of nitrogens with zero attached hydrogens (tertiary/aromatic N) is 1. The molecule has 0 aliphatic heterocycles. The minimum absolute atomic E-state index is 0.307. The first-order valence-corrected chi connectivity index (χ1v) is 4.45. The summed E-state index contributed by atoms with van der Waals surface area (Å²) in [4.78, 5) is 10.8. The second-order valence-corrected chi connectivity index (χ2v) is 3.54. The van der Waals surface area contributed by atoms with E-state index in [9.17, 15) is 4.79 Å². The van der Waals surface area contributed by atoms with Crippen LogP contribution >= 0.6 is 0 Å². The smallest absolute Gasteiger partial charge is 0.307 e. The predicted octanol–water partition coefficient (Wildman–Crippen LogP) is 1.36. The van der Waals surface area contributed by atoms with E-state index in [4.69, 9.17) is 10.4 Å². The van der Waals surface area contributed by atoms with Gasteiger partial charge in [0.05, 0.1) is 17.6 Å². The minimum Gasteiger partial charge on any atom is -0.481 e. The quantitative estimate of drug-likeness (QED) is 0.722. The molecule has 0 heterocycles. The van der Waals surface area contributed by atoms with E-state index in [2.05, 4.69) is 6.07 Å². The van der Waals surface area contributed by atoms with Crippen molar-refractivity contribution in [2.45, 2.75) is 12.8 Å². The molecule has 1 aliphatic carbocycles. The molecule has 1 aromatic rings. The van der Waals surface area contributed by atoms with E-state index in [-0.39, 0.29) is 5.92 Å². The van der Waals surface area contributed by atoms with Crippen LogP contribution in [-0.2, 0) is 17.6 Å². The van der Waals surface area contributed by atoms with Crippen molar-refractivity contribution >= 4 is 5.97 Å². The van der Waals surface area contributed by atoms with Crippen LogP contribution < -0.4 is 0 Å². The van der Waals surface area contributed by atoms with Crippen LogP contribution in [0.3, 0.4) is 0 Å². The number of hydrogen-bond donors (Lipinski definition) is 1. The van der Waals surface area contributed by atoms with E-state index in [1.165, 1.54) is 0 Å². The van der Waals surface area contributed by atoms with Gasteiger partial charge in [0.2, 0.25) is 0 Å². The fourth-order valence-electron chi connectivity index (χ4n) is 1.86. The van der Waals surface area contributed by atoms with Crippen molar-refractivity contribution in [3.05, 3.63) is 34.9 Å². The van der Waals surface area contributed by atoms with Gasteiger partial charge in [-0.05, 0) is 36.1 Å². The molecular formula is C11H9NO2. The fourth-order valence-corrected chi connectivity index (χ4v) is 1.86. The van der Waals surface area contributed by atoms with Gasteiger partial charge in [0.1, 0.15) is 0 Å². The average molecular weight is 187 g/mol. The highest BCUT2D eigenvalue weighted by Gasteiger charge is 2.26. The summed E-state index contributed by atoms with van der Waals surface area (Å²) < 4.78 is 0. The van der Waals surface area contributed by atoms with Gasteiger partial charge in [-0.2, -0.15) is 5.26 Å². The molecule has 3 heteroatoms. The molecule has 14 heavy (non-hydrogen) atoms. The Morgan fingerprint density at radius 1 is 1.43 bits per heavy atom. The third-order valence-electron chi connectivity index (χ3n) is 2.62. The van der Waals surface area contributed by atoms with E-state index in [0.717, 1.165) is 11.1 Å². The number of fused-ring (bicyclic) bond motifs is 1. The number of carboxylic acids is 1. The number of aliphatic carboxylic acids is 1. The van der Waals surface area contributed by atoms with E-state index in [1.54, 1.807) is 12.1 Å². The first kappa shape index (κ1) is 8.76. The van der Waals surface area contributed by atoms with Gasteiger partial charge < -0.3 is 5.11 Å². The van der Waals surface area contributed by atoms with Gasteiger partial charge >= 0.3 is 5.97 Å². The molecule has 0 fully saturated rings. The number of rotatable bonds is 1. The van der Waals surface area contributed by atoms with Gasteiger partial charge in [-0.15, -0.1) is 0 Å². The molecule has 0 aromatic heterocycles. The van der Waals surface area contributed by atoms with Gasteiger partial charge in [-0.1, -0.05) is 6.07 Å². The van der Waals surface area contributed by atoms with Crippen molar-refractivity contribution in [2.75, 3.05) is 0 Å². The maximum absolute atomic E-state index is 10.8. The first-order chi connectivity index (χ1) is 6.70.